The van der Waals surface area contributed by atoms with Gasteiger partial charge in [0.2, 0.25) is 0 Å². The highest BCUT2D eigenvalue weighted by Crippen LogP contribution is 2.35. The summed E-state index contributed by atoms with van der Waals surface area (Å²) < 4.78 is 19.3. The van der Waals surface area contributed by atoms with Crippen molar-refractivity contribution >= 4 is 23.0 Å². The Balaban J connectivity index is 2.96. The van der Waals surface area contributed by atoms with Crippen molar-refractivity contribution in [1.82, 2.24) is 4.90 Å². The highest BCUT2D eigenvalue weighted by atomic mass is 35.5. The maximum atomic E-state index is 13.9. The molecule has 1 aromatic carbocycles. The summed E-state index contributed by atoms with van der Waals surface area (Å²) in [5.74, 6) is -0.771. The van der Waals surface area contributed by atoms with Gasteiger partial charge in [-0.05, 0) is 34.0 Å². The van der Waals surface area contributed by atoms with Gasteiger partial charge in [-0.25, -0.2) is 4.39 Å². The van der Waals surface area contributed by atoms with Crippen LogP contribution in [-0.4, -0.2) is 31.1 Å². The van der Waals surface area contributed by atoms with Gasteiger partial charge in [-0.3, -0.25) is 0 Å². The Morgan fingerprint density at radius 1 is 1.33 bits per heavy atom. The molecular weight excluding hydrogens is 257 g/mol. The third kappa shape index (κ3) is 2.97. The predicted molar refractivity (Wildman–Crippen MR) is 73.5 cm³/mol. The molecule has 0 heterocycles. The molecule has 4 N–H and O–H groups in total. The third-order valence-corrected chi connectivity index (χ3v) is 3.38. The summed E-state index contributed by atoms with van der Waals surface area (Å²) in [5, 5.41) is -0.165. The minimum Gasteiger partial charge on any atom is -0.486 e. The largest absolute Gasteiger partial charge is 0.486 e. The second-order valence-electron chi connectivity index (χ2n) is 5.01. The van der Waals surface area contributed by atoms with Gasteiger partial charge in [0.25, 0.3) is 0 Å². The van der Waals surface area contributed by atoms with E-state index in [-0.39, 0.29) is 34.3 Å². The van der Waals surface area contributed by atoms with Gasteiger partial charge in [-0.15, -0.1) is 0 Å². The first-order valence-electron chi connectivity index (χ1n) is 5.50. The zero-order valence-corrected chi connectivity index (χ0v) is 11.8. The molecule has 4 nitrogen and oxygen atoms in total. The Morgan fingerprint density at radius 2 is 1.89 bits per heavy atom. The van der Waals surface area contributed by atoms with E-state index in [2.05, 4.69) is 0 Å². The van der Waals surface area contributed by atoms with Gasteiger partial charge in [-0.1, -0.05) is 11.6 Å². The Kier molecular flexibility index (Phi) is 4.29. The SMILES string of the molecule is CN(C)C(C)(C)COc1c(N)cc(N)c(Cl)c1F. The van der Waals surface area contributed by atoms with Crippen LogP contribution in [0.5, 0.6) is 5.75 Å². The lowest BCUT2D eigenvalue weighted by Crippen LogP contribution is -2.43. The monoisotopic (exact) mass is 275 g/mol. The van der Waals surface area contributed by atoms with Crippen LogP contribution in [0, 0.1) is 5.82 Å². The fourth-order valence-corrected chi connectivity index (χ4v) is 1.31. The van der Waals surface area contributed by atoms with E-state index in [9.17, 15) is 4.39 Å². The molecule has 6 heteroatoms. The average Bonchev–Trinajstić information content (AvgIpc) is 2.25. The average molecular weight is 276 g/mol. The van der Waals surface area contributed by atoms with Crippen LogP contribution < -0.4 is 16.2 Å². The molecule has 0 spiro atoms. The van der Waals surface area contributed by atoms with Gasteiger partial charge < -0.3 is 21.1 Å². The first-order chi connectivity index (χ1) is 8.16. The van der Waals surface area contributed by atoms with E-state index in [4.69, 9.17) is 27.8 Å². The Bertz CT molecular complexity index is 449. The Hall–Kier alpha value is -1.20. The Labute approximate surface area is 112 Å². The predicted octanol–water partition coefficient (Wildman–Crippen LogP) is 2.36. The van der Waals surface area contributed by atoms with Crippen molar-refractivity contribution in [3.63, 3.8) is 0 Å². The van der Waals surface area contributed by atoms with Crippen LogP contribution in [0.2, 0.25) is 5.02 Å². The summed E-state index contributed by atoms with van der Waals surface area (Å²) in [6.45, 7) is 4.22. The fraction of sp³-hybridized carbons (Fsp3) is 0.500. The molecule has 1 rings (SSSR count). The summed E-state index contributed by atoms with van der Waals surface area (Å²) in [6.07, 6.45) is 0. The van der Waals surface area contributed by atoms with E-state index in [1.165, 1.54) is 6.07 Å². The number of benzene rings is 1. The van der Waals surface area contributed by atoms with Gasteiger partial charge >= 0.3 is 0 Å². The van der Waals surface area contributed by atoms with Crippen LogP contribution in [0.4, 0.5) is 15.8 Å². The highest BCUT2D eigenvalue weighted by molar-refractivity contribution is 6.33. The maximum Gasteiger partial charge on any atom is 0.187 e. The van der Waals surface area contributed by atoms with Crippen LogP contribution in [0.1, 0.15) is 13.8 Å². The van der Waals surface area contributed by atoms with E-state index in [0.29, 0.717) is 0 Å². The number of nitrogens with two attached hydrogens (primary N) is 2. The molecular formula is C12H19ClFN3O. The fourth-order valence-electron chi connectivity index (χ4n) is 1.17. The van der Waals surface area contributed by atoms with Gasteiger partial charge in [0.05, 0.1) is 11.4 Å². The molecule has 0 saturated carbocycles. The van der Waals surface area contributed by atoms with Crippen molar-refractivity contribution in [3.8, 4) is 5.75 Å². The molecule has 1 aromatic rings. The van der Waals surface area contributed by atoms with E-state index in [0.717, 1.165) is 0 Å². The normalized spacial score (nSPS) is 11.9. The molecule has 0 aliphatic carbocycles. The van der Waals surface area contributed by atoms with Gasteiger partial charge in [-0.2, -0.15) is 0 Å². The molecule has 0 radical (unpaired) electrons. The number of nitrogens with zero attached hydrogens (tertiary/aromatic N) is 1. The number of halogens is 2. The molecule has 0 aliphatic heterocycles. The molecule has 0 unspecified atom stereocenters. The second kappa shape index (κ2) is 5.20. The van der Waals surface area contributed by atoms with Crippen LogP contribution in [-0.2, 0) is 0 Å². The zero-order valence-electron chi connectivity index (χ0n) is 11.1. The third-order valence-electron chi connectivity index (χ3n) is 3.00. The second-order valence-corrected chi connectivity index (χ2v) is 5.39. The molecule has 0 aromatic heterocycles. The van der Waals surface area contributed by atoms with Gasteiger partial charge in [0.15, 0.2) is 11.6 Å². The van der Waals surface area contributed by atoms with Crippen molar-refractivity contribution in [3.05, 3.63) is 16.9 Å². The standard InChI is InChI=1S/C12H19ClFN3O/c1-12(2,17(3)4)6-18-11-8(16)5-7(15)9(13)10(11)14/h5H,6,15-16H2,1-4H3. The van der Waals surface area contributed by atoms with Crippen LogP contribution in [0.25, 0.3) is 0 Å². The quantitative estimate of drug-likeness (QED) is 0.828. The summed E-state index contributed by atoms with van der Waals surface area (Å²) in [4.78, 5) is 1.97. The minimum atomic E-state index is -0.719. The minimum absolute atomic E-state index is 0.0517. The summed E-state index contributed by atoms with van der Waals surface area (Å²) in [5.41, 5.74) is 11.2. The smallest absolute Gasteiger partial charge is 0.187 e. The van der Waals surface area contributed by atoms with Gasteiger partial charge in [0, 0.05) is 5.54 Å². The van der Waals surface area contributed by atoms with Crippen LogP contribution in [0.15, 0.2) is 6.07 Å². The zero-order chi connectivity index (χ0) is 14.1. The number of likely N-dealkylation sites (N-methyl/N-ethyl adjacent to an activating group) is 1. The summed E-state index contributed by atoms with van der Waals surface area (Å²) in [6, 6.07) is 1.39. The van der Waals surface area contributed by atoms with E-state index >= 15 is 0 Å². The first-order valence-corrected chi connectivity index (χ1v) is 5.88. The van der Waals surface area contributed by atoms with Crippen LogP contribution in [0.3, 0.4) is 0 Å². The number of rotatable bonds is 4. The lowest BCUT2D eigenvalue weighted by atomic mass is 10.1. The molecule has 0 bridgehead atoms. The van der Waals surface area contributed by atoms with Crippen molar-refractivity contribution < 1.29 is 9.13 Å². The molecule has 0 saturated heterocycles. The molecule has 0 amide bonds. The number of hydrogen-bond donors (Lipinski definition) is 2. The van der Waals surface area contributed by atoms with E-state index < -0.39 is 5.82 Å². The van der Waals surface area contributed by atoms with Crippen molar-refractivity contribution in [2.45, 2.75) is 19.4 Å². The molecule has 18 heavy (non-hydrogen) atoms. The topological polar surface area (TPSA) is 64.5 Å². The highest BCUT2D eigenvalue weighted by Gasteiger charge is 2.24. The lowest BCUT2D eigenvalue weighted by molar-refractivity contribution is 0.112. The summed E-state index contributed by atoms with van der Waals surface area (Å²) in [7, 11) is 3.83. The molecule has 102 valence electrons. The Morgan fingerprint density at radius 3 is 2.39 bits per heavy atom. The summed E-state index contributed by atoms with van der Waals surface area (Å²) >= 11 is 5.72. The number of hydrogen-bond acceptors (Lipinski definition) is 4. The van der Waals surface area contributed by atoms with Crippen LogP contribution >= 0.6 is 11.6 Å². The van der Waals surface area contributed by atoms with Crippen molar-refractivity contribution in [2.24, 2.45) is 0 Å². The molecule has 0 aliphatic rings. The number of ether oxygens (including phenoxy) is 1. The first kappa shape index (κ1) is 14.9. The molecule has 0 fully saturated rings. The van der Waals surface area contributed by atoms with Gasteiger partial charge in [0.1, 0.15) is 11.6 Å². The number of nitrogen functional groups attached to an aromatic ring is 2. The van der Waals surface area contributed by atoms with Crippen molar-refractivity contribution in [1.29, 1.82) is 0 Å². The maximum absolute atomic E-state index is 13.9. The number of anilines is 2. The van der Waals surface area contributed by atoms with Crippen molar-refractivity contribution in [2.75, 3.05) is 32.2 Å². The molecule has 0 atom stereocenters. The van der Waals surface area contributed by atoms with E-state index in [1.807, 2.05) is 32.8 Å². The van der Waals surface area contributed by atoms with E-state index in [1.54, 1.807) is 0 Å². The lowest BCUT2D eigenvalue weighted by Gasteiger charge is -2.32.